The average molecular weight is 552 g/mol. The Morgan fingerprint density at radius 3 is 2.53 bits per heavy atom. The van der Waals surface area contributed by atoms with Crippen molar-refractivity contribution < 1.29 is 28.7 Å². The van der Waals surface area contributed by atoms with Gasteiger partial charge in [-0.05, 0) is 71.2 Å². The van der Waals surface area contributed by atoms with Gasteiger partial charge in [-0.1, -0.05) is 18.5 Å². The minimum absolute atomic E-state index is 0.0256. The van der Waals surface area contributed by atoms with Gasteiger partial charge >= 0.3 is 11.9 Å². The van der Waals surface area contributed by atoms with E-state index in [9.17, 15) is 19.2 Å². The summed E-state index contributed by atoms with van der Waals surface area (Å²) >= 11 is 9.47. The van der Waals surface area contributed by atoms with Crippen LogP contribution in [0.1, 0.15) is 35.7 Å². The van der Waals surface area contributed by atoms with E-state index in [1.165, 1.54) is 4.90 Å². The van der Waals surface area contributed by atoms with Gasteiger partial charge < -0.3 is 19.7 Å². The van der Waals surface area contributed by atoms with Crippen molar-refractivity contribution >= 4 is 62.7 Å². The van der Waals surface area contributed by atoms with E-state index in [1.54, 1.807) is 43.3 Å². The molecule has 8 nitrogen and oxygen atoms in total. The summed E-state index contributed by atoms with van der Waals surface area (Å²) in [4.78, 5) is 50.5. The number of carbonyl (C=O) groups is 4. The third-order valence-electron chi connectivity index (χ3n) is 5.27. The van der Waals surface area contributed by atoms with E-state index in [4.69, 9.17) is 21.1 Å². The second-order valence-electron chi connectivity index (χ2n) is 7.78. The highest BCUT2D eigenvalue weighted by Gasteiger charge is 2.36. The van der Waals surface area contributed by atoms with Crippen LogP contribution in [0.4, 0.5) is 11.4 Å². The van der Waals surface area contributed by atoms with Gasteiger partial charge in [0, 0.05) is 28.8 Å². The first-order valence-electron chi connectivity index (χ1n) is 10.7. The Hall–Kier alpha value is -2.91. The predicted molar refractivity (Wildman–Crippen MR) is 131 cm³/mol. The van der Waals surface area contributed by atoms with Crippen LogP contribution in [0.15, 0.2) is 40.9 Å². The number of carbonyl (C=O) groups excluding carboxylic acids is 4. The first-order valence-corrected chi connectivity index (χ1v) is 11.9. The number of rotatable bonds is 8. The van der Waals surface area contributed by atoms with Gasteiger partial charge in [-0.25, -0.2) is 4.79 Å². The van der Waals surface area contributed by atoms with E-state index in [0.717, 1.165) is 6.42 Å². The van der Waals surface area contributed by atoms with Crippen LogP contribution >= 0.6 is 27.5 Å². The van der Waals surface area contributed by atoms with Crippen molar-refractivity contribution in [2.24, 2.45) is 5.92 Å². The van der Waals surface area contributed by atoms with Crippen molar-refractivity contribution in [2.45, 2.75) is 26.7 Å². The van der Waals surface area contributed by atoms with Crippen molar-refractivity contribution in [3.05, 3.63) is 57.0 Å². The van der Waals surface area contributed by atoms with Crippen molar-refractivity contribution in [1.82, 2.24) is 0 Å². The number of hydrogen-bond acceptors (Lipinski definition) is 6. The molecule has 0 unspecified atom stereocenters. The van der Waals surface area contributed by atoms with Crippen LogP contribution in [0.5, 0.6) is 0 Å². The summed E-state index contributed by atoms with van der Waals surface area (Å²) in [6.07, 6.45) is 0.700. The van der Waals surface area contributed by atoms with Gasteiger partial charge in [0.2, 0.25) is 5.91 Å². The maximum Gasteiger partial charge on any atom is 0.338 e. The molecule has 0 aromatic heterocycles. The highest BCUT2D eigenvalue weighted by molar-refractivity contribution is 9.10. The number of esters is 2. The summed E-state index contributed by atoms with van der Waals surface area (Å²) < 4.78 is 10.9. The van der Waals surface area contributed by atoms with Crippen molar-refractivity contribution in [1.29, 1.82) is 0 Å². The Labute approximate surface area is 210 Å². The first-order chi connectivity index (χ1) is 16.2. The lowest BCUT2D eigenvalue weighted by Crippen LogP contribution is -2.28. The molecule has 3 rings (SSSR count). The second kappa shape index (κ2) is 11.5. The summed E-state index contributed by atoms with van der Waals surface area (Å²) in [5, 5.41) is 3.14. The lowest BCUT2D eigenvalue weighted by atomic mass is 10.1. The summed E-state index contributed by atoms with van der Waals surface area (Å²) in [7, 11) is 0. The molecule has 1 aliphatic rings. The van der Waals surface area contributed by atoms with E-state index < -0.39 is 30.4 Å². The predicted octanol–water partition coefficient (Wildman–Crippen LogP) is 4.51. The lowest BCUT2D eigenvalue weighted by molar-refractivity contribution is -0.151. The molecule has 1 fully saturated rings. The highest BCUT2D eigenvalue weighted by atomic mass is 79.9. The van der Waals surface area contributed by atoms with Crippen LogP contribution < -0.4 is 10.2 Å². The first kappa shape index (κ1) is 25.7. The van der Waals surface area contributed by atoms with Crippen molar-refractivity contribution in [3.8, 4) is 0 Å². The molecule has 1 saturated heterocycles. The molecule has 2 amide bonds. The molecule has 0 bridgehead atoms. The van der Waals surface area contributed by atoms with Gasteiger partial charge in [-0.2, -0.15) is 0 Å². The zero-order chi connectivity index (χ0) is 24.8. The molecule has 0 spiro atoms. The van der Waals surface area contributed by atoms with Gasteiger partial charge in [0.25, 0.3) is 5.91 Å². The zero-order valence-electron chi connectivity index (χ0n) is 18.7. The molecule has 1 N–H and O–H groups in total. The fraction of sp³-hybridized carbons (Fsp3) is 0.333. The monoisotopic (exact) mass is 550 g/mol. The van der Waals surface area contributed by atoms with E-state index in [-0.39, 0.29) is 18.9 Å². The second-order valence-corrected chi connectivity index (χ2v) is 9.01. The number of amides is 2. The summed E-state index contributed by atoms with van der Waals surface area (Å²) in [6.45, 7) is 3.64. The van der Waals surface area contributed by atoms with Gasteiger partial charge in [-0.15, -0.1) is 0 Å². The van der Waals surface area contributed by atoms with Crippen LogP contribution in [0.2, 0.25) is 5.02 Å². The van der Waals surface area contributed by atoms with E-state index in [0.29, 0.717) is 38.6 Å². The van der Waals surface area contributed by atoms with Gasteiger partial charge in [0.05, 0.1) is 23.1 Å². The third kappa shape index (κ3) is 6.15. The minimum atomic E-state index is -0.696. The van der Waals surface area contributed by atoms with E-state index >= 15 is 0 Å². The fourth-order valence-corrected chi connectivity index (χ4v) is 3.99. The summed E-state index contributed by atoms with van der Waals surface area (Å²) in [6, 6.07) is 9.81. The molecule has 10 heteroatoms. The van der Waals surface area contributed by atoms with Crippen molar-refractivity contribution in [3.63, 3.8) is 0 Å². The molecule has 0 saturated carbocycles. The summed E-state index contributed by atoms with van der Waals surface area (Å²) in [5.41, 5.74) is 2.14. The topological polar surface area (TPSA) is 102 Å². The fourth-order valence-electron chi connectivity index (χ4n) is 3.40. The molecule has 1 atom stereocenters. The molecule has 1 heterocycles. The summed E-state index contributed by atoms with van der Waals surface area (Å²) in [5.74, 6) is -2.51. The molecular formula is C24H24BrClN2O6. The largest absolute Gasteiger partial charge is 0.462 e. The number of nitrogens with zero attached hydrogens (tertiary/aromatic N) is 1. The van der Waals surface area contributed by atoms with Crippen LogP contribution in [0.3, 0.4) is 0 Å². The van der Waals surface area contributed by atoms with E-state index in [1.807, 2.05) is 6.92 Å². The molecule has 1 aliphatic heterocycles. The van der Waals surface area contributed by atoms with Gasteiger partial charge in [0.15, 0.2) is 6.61 Å². The quantitative estimate of drug-likeness (QED) is 0.484. The molecule has 34 heavy (non-hydrogen) atoms. The Bertz CT molecular complexity index is 1110. The molecule has 2 aromatic rings. The maximum absolute atomic E-state index is 12.5. The van der Waals surface area contributed by atoms with E-state index in [2.05, 4.69) is 21.2 Å². The molecule has 0 radical (unpaired) electrons. The third-order valence-corrected chi connectivity index (χ3v) is 6.65. The Morgan fingerprint density at radius 1 is 1.15 bits per heavy atom. The number of anilines is 2. The SMILES string of the molecule is CCCOC(=O)c1ccc(N2C[C@H](C(=O)OCC(=O)Nc3ccc(Br)c(Cl)c3C)CC2=O)cc1. The Kier molecular flexibility index (Phi) is 8.68. The smallest absolute Gasteiger partial charge is 0.338 e. The average Bonchev–Trinajstić information content (AvgIpc) is 3.23. The molecular weight excluding hydrogens is 528 g/mol. The number of ether oxygens (including phenoxy) is 2. The van der Waals surface area contributed by atoms with Crippen molar-refractivity contribution in [2.75, 3.05) is 30.0 Å². The lowest BCUT2D eigenvalue weighted by Gasteiger charge is -2.17. The molecule has 2 aromatic carbocycles. The number of hydrogen-bond donors (Lipinski definition) is 1. The molecule has 0 aliphatic carbocycles. The van der Waals surface area contributed by atoms with Gasteiger partial charge in [0.1, 0.15) is 0 Å². The number of halogens is 2. The zero-order valence-corrected chi connectivity index (χ0v) is 21.1. The highest BCUT2D eigenvalue weighted by Crippen LogP contribution is 2.31. The van der Waals surface area contributed by atoms with Crippen LogP contribution in [0.25, 0.3) is 0 Å². The molecule has 180 valence electrons. The minimum Gasteiger partial charge on any atom is -0.462 e. The maximum atomic E-state index is 12.5. The van der Waals surface area contributed by atoms with Gasteiger partial charge in [-0.3, -0.25) is 14.4 Å². The standard InChI is InChI=1S/C24H24BrClN2O6/c1-3-10-33-23(31)15-4-6-17(7-5-15)28-12-16(11-21(28)30)24(32)34-13-20(29)27-19-9-8-18(25)22(26)14(19)2/h4-9,16H,3,10-13H2,1-2H3,(H,27,29)/t16-/m1/s1. The Morgan fingerprint density at radius 2 is 1.85 bits per heavy atom. The number of benzene rings is 2. The normalized spacial score (nSPS) is 15.2. The van der Waals surface area contributed by atoms with Crippen LogP contribution in [-0.4, -0.2) is 43.5 Å². The number of nitrogens with one attached hydrogen (secondary N) is 1. The van der Waals surface area contributed by atoms with Crippen LogP contribution in [0, 0.1) is 12.8 Å². The Balaban J connectivity index is 1.53. The van der Waals surface area contributed by atoms with Crippen LogP contribution in [-0.2, 0) is 23.9 Å².